The van der Waals surface area contributed by atoms with Crippen LogP contribution in [0, 0.1) is 6.92 Å². The van der Waals surface area contributed by atoms with Crippen LogP contribution < -0.4 is 5.32 Å². The van der Waals surface area contributed by atoms with Gasteiger partial charge in [0.1, 0.15) is 0 Å². The van der Waals surface area contributed by atoms with Crippen molar-refractivity contribution in [1.29, 1.82) is 0 Å². The Hall–Kier alpha value is -1.17. The summed E-state index contributed by atoms with van der Waals surface area (Å²) in [6.07, 6.45) is 1.95. The molecule has 2 aromatic heterocycles. The van der Waals surface area contributed by atoms with Gasteiger partial charge in [-0.05, 0) is 18.4 Å². The van der Waals surface area contributed by atoms with E-state index in [0.717, 1.165) is 26.2 Å². The van der Waals surface area contributed by atoms with E-state index in [4.69, 9.17) is 4.74 Å². The minimum absolute atomic E-state index is 0.738. The summed E-state index contributed by atoms with van der Waals surface area (Å²) in [6.45, 7) is 5.43. The first-order valence-electron chi connectivity index (χ1n) is 6.04. The van der Waals surface area contributed by atoms with Gasteiger partial charge in [0.2, 0.25) is 0 Å². The van der Waals surface area contributed by atoms with Crippen molar-refractivity contribution in [2.45, 2.75) is 20.0 Å². The van der Waals surface area contributed by atoms with Crippen LogP contribution in [0.3, 0.4) is 0 Å². The number of nitrogens with one attached hydrogen (secondary N) is 1. The van der Waals surface area contributed by atoms with Crippen LogP contribution in [0.25, 0.3) is 0 Å². The number of nitrogens with zero attached hydrogens (tertiary/aromatic N) is 2. The first kappa shape index (κ1) is 13.3. The van der Waals surface area contributed by atoms with Gasteiger partial charge in [0.15, 0.2) is 0 Å². The van der Waals surface area contributed by atoms with Gasteiger partial charge < -0.3 is 10.1 Å². The zero-order valence-electron chi connectivity index (χ0n) is 10.8. The van der Waals surface area contributed by atoms with Crippen molar-refractivity contribution >= 4 is 11.3 Å². The number of rotatable bonds is 7. The maximum absolute atomic E-state index is 5.00. The van der Waals surface area contributed by atoms with Crippen LogP contribution in [-0.2, 0) is 17.8 Å². The Labute approximate surface area is 112 Å². The van der Waals surface area contributed by atoms with Gasteiger partial charge in [-0.25, -0.2) is 0 Å². The average molecular weight is 265 g/mol. The third-order valence-corrected chi connectivity index (χ3v) is 3.75. The monoisotopic (exact) mass is 265 g/mol. The normalized spacial score (nSPS) is 11.0. The lowest BCUT2D eigenvalue weighted by molar-refractivity contribution is 0.199. The molecule has 5 heteroatoms. The summed E-state index contributed by atoms with van der Waals surface area (Å²) in [7, 11) is 1.71. The second-order valence-corrected chi connectivity index (χ2v) is 5.19. The van der Waals surface area contributed by atoms with E-state index in [-0.39, 0.29) is 0 Å². The molecule has 0 aliphatic rings. The van der Waals surface area contributed by atoms with Gasteiger partial charge in [-0.15, -0.1) is 11.3 Å². The minimum atomic E-state index is 0.738. The molecule has 4 nitrogen and oxygen atoms in total. The molecular weight excluding hydrogens is 246 g/mol. The van der Waals surface area contributed by atoms with Crippen molar-refractivity contribution in [2.24, 2.45) is 0 Å². The molecule has 2 rings (SSSR count). The molecule has 0 spiro atoms. The summed E-state index contributed by atoms with van der Waals surface area (Å²) in [5.41, 5.74) is 2.48. The molecule has 2 heterocycles. The lowest BCUT2D eigenvalue weighted by atomic mass is 10.2. The highest BCUT2D eigenvalue weighted by Gasteiger charge is 2.06. The largest absolute Gasteiger partial charge is 0.383 e. The highest BCUT2D eigenvalue weighted by Crippen LogP contribution is 2.13. The average Bonchev–Trinajstić information content (AvgIpc) is 2.99. The molecule has 0 saturated heterocycles. The number of methoxy groups -OCH3 is 1. The fourth-order valence-electron chi connectivity index (χ4n) is 1.77. The summed E-state index contributed by atoms with van der Waals surface area (Å²) in [5.74, 6) is 0. The van der Waals surface area contributed by atoms with Gasteiger partial charge >= 0.3 is 0 Å². The fraction of sp³-hybridized carbons (Fsp3) is 0.462. The standard InChI is InChI=1S/C13H19N3OS/c1-11-12(8-14-5-6-17-2)9-15-16(11)10-13-4-3-7-18-13/h3-4,7,9,14H,5-6,8,10H2,1-2H3. The third kappa shape index (κ3) is 3.41. The lowest BCUT2D eigenvalue weighted by Gasteiger charge is -2.05. The number of aromatic nitrogens is 2. The van der Waals surface area contributed by atoms with Gasteiger partial charge in [-0.2, -0.15) is 5.10 Å². The maximum atomic E-state index is 5.00. The van der Waals surface area contributed by atoms with Crippen molar-refractivity contribution < 1.29 is 4.74 Å². The van der Waals surface area contributed by atoms with Crippen molar-refractivity contribution in [2.75, 3.05) is 20.3 Å². The quantitative estimate of drug-likeness (QED) is 0.779. The molecule has 0 bridgehead atoms. The van der Waals surface area contributed by atoms with Gasteiger partial charge in [0.05, 0.1) is 19.3 Å². The van der Waals surface area contributed by atoms with Crippen LogP contribution in [0.5, 0.6) is 0 Å². The molecule has 0 aromatic carbocycles. The smallest absolute Gasteiger partial charge is 0.0755 e. The Morgan fingerprint density at radius 2 is 2.39 bits per heavy atom. The summed E-state index contributed by atoms with van der Waals surface area (Å²) >= 11 is 1.77. The molecule has 0 atom stereocenters. The van der Waals surface area contributed by atoms with E-state index in [1.165, 1.54) is 16.1 Å². The number of ether oxygens (including phenoxy) is 1. The summed E-state index contributed by atoms with van der Waals surface area (Å²) in [4.78, 5) is 1.33. The van der Waals surface area contributed by atoms with E-state index in [1.54, 1.807) is 18.4 Å². The maximum Gasteiger partial charge on any atom is 0.0755 e. The van der Waals surface area contributed by atoms with Crippen LogP contribution in [0.2, 0.25) is 0 Å². The van der Waals surface area contributed by atoms with Crippen LogP contribution in [0.15, 0.2) is 23.7 Å². The van der Waals surface area contributed by atoms with Crippen LogP contribution >= 0.6 is 11.3 Å². The Morgan fingerprint density at radius 1 is 1.50 bits per heavy atom. The predicted molar refractivity (Wildman–Crippen MR) is 74.0 cm³/mol. The Bertz CT molecular complexity index is 465. The van der Waals surface area contributed by atoms with E-state index in [1.807, 2.05) is 6.20 Å². The molecule has 0 fully saturated rings. The van der Waals surface area contributed by atoms with Gasteiger partial charge in [0, 0.05) is 36.3 Å². The lowest BCUT2D eigenvalue weighted by Crippen LogP contribution is -2.18. The second kappa shape index (κ2) is 6.68. The predicted octanol–water partition coefficient (Wildman–Crippen LogP) is 2.04. The second-order valence-electron chi connectivity index (χ2n) is 4.16. The minimum Gasteiger partial charge on any atom is -0.383 e. The van der Waals surface area contributed by atoms with E-state index in [2.05, 4.69) is 39.5 Å². The number of hydrogen-bond donors (Lipinski definition) is 1. The van der Waals surface area contributed by atoms with E-state index in [9.17, 15) is 0 Å². The van der Waals surface area contributed by atoms with Crippen LogP contribution in [-0.4, -0.2) is 30.0 Å². The third-order valence-electron chi connectivity index (χ3n) is 2.89. The van der Waals surface area contributed by atoms with Crippen molar-refractivity contribution in [3.8, 4) is 0 Å². The molecule has 0 aliphatic heterocycles. The molecule has 98 valence electrons. The molecular formula is C13H19N3OS. The molecule has 0 amide bonds. The summed E-state index contributed by atoms with van der Waals surface area (Å²) < 4.78 is 7.06. The summed E-state index contributed by atoms with van der Waals surface area (Å²) in [6, 6.07) is 4.22. The highest BCUT2D eigenvalue weighted by molar-refractivity contribution is 7.09. The SMILES string of the molecule is COCCNCc1cnn(Cc2cccs2)c1C. The first-order valence-corrected chi connectivity index (χ1v) is 6.92. The Morgan fingerprint density at radius 3 is 3.11 bits per heavy atom. The Balaban J connectivity index is 1.91. The zero-order valence-corrected chi connectivity index (χ0v) is 11.7. The number of thiophene rings is 1. The van der Waals surface area contributed by atoms with E-state index < -0.39 is 0 Å². The summed E-state index contributed by atoms with van der Waals surface area (Å²) in [5, 5.41) is 9.88. The first-order chi connectivity index (χ1) is 8.81. The highest BCUT2D eigenvalue weighted by atomic mass is 32.1. The molecule has 0 aliphatic carbocycles. The van der Waals surface area contributed by atoms with Crippen molar-refractivity contribution in [1.82, 2.24) is 15.1 Å². The van der Waals surface area contributed by atoms with Gasteiger partial charge in [0.25, 0.3) is 0 Å². The fourth-order valence-corrected chi connectivity index (χ4v) is 2.45. The van der Waals surface area contributed by atoms with Gasteiger partial charge in [-0.1, -0.05) is 6.07 Å². The molecule has 18 heavy (non-hydrogen) atoms. The van der Waals surface area contributed by atoms with Gasteiger partial charge in [-0.3, -0.25) is 4.68 Å². The zero-order chi connectivity index (χ0) is 12.8. The molecule has 0 radical (unpaired) electrons. The van der Waals surface area contributed by atoms with E-state index >= 15 is 0 Å². The Kier molecular flexibility index (Phi) is 4.92. The molecule has 0 saturated carbocycles. The van der Waals surface area contributed by atoms with Crippen molar-refractivity contribution in [3.63, 3.8) is 0 Å². The molecule has 1 N–H and O–H groups in total. The number of hydrogen-bond acceptors (Lipinski definition) is 4. The topological polar surface area (TPSA) is 39.1 Å². The molecule has 0 unspecified atom stereocenters. The molecule has 2 aromatic rings. The van der Waals surface area contributed by atoms with Crippen LogP contribution in [0.1, 0.15) is 16.1 Å². The van der Waals surface area contributed by atoms with Crippen molar-refractivity contribution in [3.05, 3.63) is 39.8 Å². The van der Waals surface area contributed by atoms with Crippen LogP contribution in [0.4, 0.5) is 0 Å². The van der Waals surface area contributed by atoms with E-state index in [0.29, 0.717) is 0 Å².